The van der Waals surface area contributed by atoms with Crippen molar-refractivity contribution in [3.05, 3.63) is 46.7 Å². The third-order valence-corrected chi connectivity index (χ3v) is 3.30. The number of carbonyl (C=O) groups is 1. The zero-order valence-corrected chi connectivity index (χ0v) is 11.6. The van der Waals surface area contributed by atoms with Crippen LogP contribution in [0.25, 0.3) is 0 Å². The van der Waals surface area contributed by atoms with E-state index in [1.165, 1.54) is 0 Å². The van der Waals surface area contributed by atoms with Gasteiger partial charge in [0.15, 0.2) is 11.5 Å². The summed E-state index contributed by atoms with van der Waals surface area (Å²) in [6, 6.07) is 7.26. The molecule has 0 aliphatic carbocycles. The maximum Gasteiger partial charge on any atom is 0.270 e. The highest BCUT2D eigenvalue weighted by Gasteiger charge is 2.17. The van der Waals surface area contributed by atoms with Gasteiger partial charge in [-0.1, -0.05) is 17.7 Å². The van der Waals surface area contributed by atoms with E-state index in [1.807, 2.05) is 18.2 Å². The fourth-order valence-electron chi connectivity index (χ4n) is 2.08. The first-order valence-corrected chi connectivity index (χ1v) is 6.49. The molecule has 20 heavy (non-hydrogen) atoms. The van der Waals surface area contributed by atoms with Gasteiger partial charge in [0.05, 0.1) is 5.02 Å². The minimum atomic E-state index is -0.116. The van der Waals surface area contributed by atoms with Gasteiger partial charge in [0.2, 0.25) is 6.79 Å². The van der Waals surface area contributed by atoms with Crippen LogP contribution in [0.2, 0.25) is 5.02 Å². The minimum Gasteiger partial charge on any atom is -0.454 e. The number of aromatic nitrogens is 1. The summed E-state index contributed by atoms with van der Waals surface area (Å²) in [5.41, 5.74) is 1.45. The molecular weight excluding hydrogens is 280 g/mol. The summed E-state index contributed by atoms with van der Waals surface area (Å²) >= 11 is 5.80. The van der Waals surface area contributed by atoms with Gasteiger partial charge >= 0.3 is 0 Å². The molecule has 0 saturated carbocycles. The quantitative estimate of drug-likeness (QED) is 0.946. The Hall–Kier alpha value is -2.14. The van der Waals surface area contributed by atoms with E-state index in [0.717, 1.165) is 11.3 Å². The highest BCUT2D eigenvalue weighted by Crippen LogP contribution is 2.32. The highest BCUT2D eigenvalue weighted by atomic mass is 35.5. The van der Waals surface area contributed by atoms with Crippen LogP contribution in [0.5, 0.6) is 11.5 Å². The van der Waals surface area contributed by atoms with Crippen LogP contribution in [-0.2, 0) is 6.54 Å². The molecule has 0 radical (unpaired) electrons. The molecule has 2 aromatic rings. The number of rotatable bonds is 3. The molecule has 1 aliphatic heterocycles. The lowest BCUT2D eigenvalue weighted by atomic mass is 10.2. The van der Waals surface area contributed by atoms with Gasteiger partial charge in [0.1, 0.15) is 5.69 Å². The molecule has 0 fully saturated rings. The molecule has 1 aromatic heterocycles. The number of halogens is 1. The van der Waals surface area contributed by atoms with E-state index >= 15 is 0 Å². The smallest absolute Gasteiger partial charge is 0.270 e. The number of fused-ring (bicyclic) bond motifs is 1. The molecule has 0 saturated heterocycles. The molecule has 1 amide bonds. The van der Waals surface area contributed by atoms with Crippen molar-refractivity contribution >= 4 is 17.5 Å². The van der Waals surface area contributed by atoms with Gasteiger partial charge < -0.3 is 19.4 Å². The van der Waals surface area contributed by atoms with Gasteiger partial charge in [-0.25, -0.2) is 0 Å². The third kappa shape index (κ3) is 2.44. The summed E-state index contributed by atoms with van der Waals surface area (Å²) in [6.07, 6.45) is 1.59. The normalized spacial score (nSPS) is 12.5. The van der Waals surface area contributed by atoms with Crippen molar-refractivity contribution in [2.45, 2.75) is 6.54 Å². The van der Waals surface area contributed by atoms with Gasteiger partial charge in [-0.05, 0) is 23.8 Å². The molecule has 1 aliphatic rings. The molecule has 0 spiro atoms. The van der Waals surface area contributed by atoms with Crippen LogP contribution in [0.1, 0.15) is 16.1 Å². The molecule has 1 N–H and O–H groups in total. The number of ether oxygens (including phenoxy) is 2. The Morgan fingerprint density at radius 3 is 2.90 bits per heavy atom. The molecule has 0 bridgehead atoms. The Morgan fingerprint density at radius 1 is 1.35 bits per heavy atom. The number of benzene rings is 1. The Labute approximate surface area is 121 Å². The van der Waals surface area contributed by atoms with Crippen LogP contribution in [0.15, 0.2) is 30.5 Å². The van der Waals surface area contributed by atoms with Crippen LogP contribution in [0, 0.1) is 0 Å². The number of aromatic amines is 1. The van der Waals surface area contributed by atoms with Crippen molar-refractivity contribution in [2.75, 3.05) is 13.8 Å². The van der Waals surface area contributed by atoms with Crippen LogP contribution in [0.3, 0.4) is 0 Å². The van der Waals surface area contributed by atoms with Gasteiger partial charge in [0, 0.05) is 19.8 Å². The summed E-state index contributed by atoms with van der Waals surface area (Å²) in [5, 5.41) is 0.518. The van der Waals surface area contributed by atoms with E-state index in [1.54, 1.807) is 24.2 Å². The van der Waals surface area contributed by atoms with Crippen molar-refractivity contribution in [1.29, 1.82) is 0 Å². The van der Waals surface area contributed by atoms with Gasteiger partial charge in [-0.3, -0.25) is 4.79 Å². The van der Waals surface area contributed by atoms with Crippen molar-refractivity contribution < 1.29 is 14.3 Å². The van der Waals surface area contributed by atoms with E-state index < -0.39 is 0 Å². The first kappa shape index (κ1) is 12.9. The topological polar surface area (TPSA) is 54.6 Å². The maximum absolute atomic E-state index is 12.2. The summed E-state index contributed by atoms with van der Waals surface area (Å²) in [4.78, 5) is 16.6. The summed E-state index contributed by atoms with van der Waals surface area (Å²) < 4.78 is 10.6. The number of carbonyl (C=O) groups excluding carboxylic acids is 1. The summed E-state index contributed by atoms with van der Waals surface area (Å²) in [5.74, 6) is 1.33. The number of amides is 1. The fraction of sp³-hybridized carbons (Fsp3) is 0.214. The van der Waals surface area contributed by atoms with Gasteiger partial charge in [-0.15, -0.1) is 0 Å². The molecular formula is C14H13ClN2O3. The van der Waals surface area contributed by atoms with Crippen molar-refractivity contribution in [3.63, 3.8) is 0 Å². The molecule has 2 heterocycles. The zero-order valence-electron chi connectivity index (χ0n) is 10.9. The lowest BCUT2D eigenvalue weighted by Crippen LogP contribution is -2.26. The second-order valence-electron chi connectivity index (χ2n) is 4.58. The Balaban J connectivity index is 1.72. The second kappa shape index (κ2) is 5.09. The lowest BCUT2D eigenvalue weighted by Gasteiger charge is -2.16. The largest absolute Gasteiger partial charge is 0.454 e. The molecule has 1 aromatic carbocycles. The number of hydrogen-bond donors (Lipinski definition) is 1. The monoisotopic (exact) mass is 292 g/mol. The predicted octanol–water partition coefficient (Wildman–Crippen LogP) is 2.67. The van der Waals surface area contributed by atoms with Gasteiger partial charge in [-0.2, -0.15) is 0 Å². The third-order valence-electron chi connectivity index (χ3n) is 3.08. The molecule has 6 heteroatoms. The average molecular weight is 293 g/mol. The molecule has 0 atom stereocenters. The van der Waals surface area contributed by atoms with Crippen LogP contribution in [-0.4, -0.2) is 29.6 Å². The van der Waals surface area contributed by atoms with Crippen LogP contribution in [0.4, 0.5) is 0 Å². The number of nitrogens with zero attached hydrogens (tertiary/aromatic N) is 1. The summed E-state index contributed by atoms with van der Waals surface area (Å²) in [7, 11) is 1.74. The van der Waals surface area contributed by atoms with E-state index in [0.29, 0.717) is 23.0 Å². The SMILES string of the molecule is CN(Cc1ccc2c(c1)OCO2)C(=O)c1cc(Cl)c[nH]1. The van der Waals surface area contributed by atoms with E-state index in [4.69, 9.17) is 21.1 Å². The maximum atomic E-state index is 12.2. The van der Waals surface area contributed by atoms with E-state index in [9.17, 15) is 4.79 Å². The Kier molecular flexibility index (Phi) is 3.28. The number of H-pyrrole nitrogens is 1. The van der Waals surface area contributed by atoms with E-state index in [2.05, 4.69) is 4.98 Å². The number of nitrogens with one attached hydrogen (secondary N) is 1. The standard InChI is InChI=1S/C14H13ClN2O3/c1-17(14(18)11-5-10(15)6-16-11)7-9-2-3-12-13(4-9)20-8-19-12/h2-6,16H,7-8H2,1H3. The fourth-order valence-corrected chi connectivity index (χ4v) is 2.25. The molecule has 3 rings (SSSR count). The molecule has 0 unspecified atom stereocenters. The zero-order chi connectivity index (χ0) is 14.1. The second-order valence-corrected chi connectivity index (χ2v) is 5.02. The minimum absolute atomic E-state index is 0.116. The molecule has 5 nitrogen and oxygen atoms in total. The predicted molar refractivity (Wildman–Crippen MR) is 74.2 cm³/mol. The average Bonchev–Trinajstić information content (AvgIpc) is 3.05. The van der Waals surface area contributed by atoms with Crippen molar-refractivity contribution in [3.8, 4) is 11.5 Å². The number of hydrogen-bond acceptors (Lipinski definition) is 3. The van der Waals surface area contributed by atoms with Crippen LogP contribution < -0.4 is 9.47 Å². The van der Waals surface area contributed by atoms with Gasteiger partial charge in [0.25, 0.3) is 5.91 Å². The Morgan fingerprint density at radius 2 is 2.15 bits per heavy atom. The van der Waals surface area contributed by atoms with Crippen molar-refractivity contribution in [2.24, 2.45) is 0 Å². The van der Waals surface area contributed by atoms with Crippen molar-refractivity contribution in [1.82, 2.24) is 9.88 Å². The Bertz CT molecular complexity index is 654. The lowest BCUT2D eigenvalue weighted by molar-refractivity contribution is 0.0780. The first-order chi connectivity index (χ1) is 9.63. The highest BCUT2D eigenvalue weighted by molar-refractivity contribution is 6.30. The molecule has 104 valence electrons. The first-order valence-electron chi connectivity index (χ1n) is 6.11. The van der Waals surface area contributed by atoms with Crippen LogP contribution >= 0.6 is 11.6 Å². The summed E-state index contributed by atoms with van der Waals surface area (Å²) in [6.45, 7) is 0.723. The van der Waals surface area contributed by atoms with E-state index in [-0.39, 0.29) is 12.7 Å².